The highest BCUT2D eigenvalue weighted by Gasteiger charge is 2.19. The van der Waals surface area contributed by atoms with E-state index < -0.39 is 35.1 Å². The molecule has 0 amide bonds. The van der Waals surface area contributed by atoms with Gasteiger partial charge < -0.3 is 9.84 Å². The number of halogens is 3. The lowest BCUT2D eigenvalue weighted by atomic mass is 9.97. The average Bonchev–Trinajstić information content (AvgIpc) is 3.05. The second-order valence-electron chi connectivity index (χ2n) is 12.0. The maximum atomic E-state index is 14.5. The summed E-state index contributed by atoms with van der Waals surface area (Å²) < 4.78 is 33.3. The van der Waals surface area contributed by atoms with Crippen LogP contribution in [0, 0.1) is 23.7 Å². The van der Waals surface area contributed by atoms with E-state index in [0.29, 0.717) is 23.0 Å². The molecule has 4 atom stereocenters. The van der Waals surface area contributed by atoms with E-state index in [1.807, 2.05) is 79.7 Å². The minimum atomic E-state index is -1.07. The lowest BCUT2D eigenvalue weighted by Crippen LogP contribution is -2.18. The Morgan fingerprint density at radius 1 is 0.723 bits per heavy atom. The Morgan fingerprint density at radius 2 is 1.15 bits per heavy atom. The molecule has 0 aliphatic carbocycles. The highest BCUT2D eigenvalue weighted by atomic mass is 35.5. The first kappa shape index (κ1) is 43.6. The van der Waals surface area contributed by atoms with Gasteiger partial charge in [0.1, 0.15) is 17.8 Å². The van der Waals surface area contributed by atoms with E-state index in [9.17, 15) is 23.5 Å². The molecule has 0 aliphatic heterocycles. The van der Waals surface area contributed by atoms with E-state index in [0.717, 1.165) is 25.7 Å². The number of aliphatic hydroxyl groups excluding tert-OH is 1. The largest absolute Gasteiger partial charge is 0.447 e. The van der Waals surface area contributed by atoms with Crippen molar-refractivity contribution in [1.82, 2.24) is 0 Å². The van der Waals surface area contributed by atoms with Crippen molar-refractivity contribution in [1.29, 1.82) is 0 Å². The third-order valence-corrected chi connectivity index (χ3v) is 7.50. The van der Waals surface area contributed by atoms with Crippen LogP contribution in [0.2, 0.25) is 0 Å². The monoisotopic (exact) mass is 672 g/mol. The number of carbonyl (C=O) groups is 2. The number of carbonyl (C=O) groups excluding carboxylic acids is 2. The Hall–Kier alpha value is -3.35. The first-order valence-electron chi connectivity index (χ1n) is 16.5. The summed E-state index contributed by atoms with van der Waals surface area (Å²) in [7, 11) is 0. The van der Waals surface area contributed by atoms with Gasteiger partial charge in [0, 0.05) is 5.56 Å². The molecule has 0 radical (unpaired) electrons. The smallest absolute Gasteiger partial charge is 0.339 e. The third-order valence-electron chi connectivity index (χ3n) is 7.29. The van der Waals surface area contributed by atoms with Crippen LogP contribution in [0.5, 0.6) is 0 Å². The molecule has 0 saturated heterocycles. The summed E-state index contributed by atoms with van der Waals surface area (Å²) >= 11 is 5.16. The maximum Gasteiger partial charge on any atom is 0.339 e. The normalized spacial score (nSPS) is 14.6. The van der Waals surface area contributed by atoms with Gasteiger partial charge in [0.25, 0.3) is 5.24 Å². The van der Waals surface area contributed by atoms with E-state index in [1.54, 1.807) is 60.7 Å². The molecule has 0 fully saturated rings. The molecule has 2 unspecified atom stereocenters. The van der Waals surface area contributed by atoms with Crippen molar-refractivity contribution in [2.75, 3.05) is 0 Å². The van der Waals surface area contributed by atoms with Crippen molar-refractivity contribution in [3.63, 3.8) is 0 Å². The van der Waals surface area contributed by atoms with Crippen molar-refractivity contribution in [3.05, 3.63) is 120 Å². The van der Waals surface area contributed by atoms with Crippen molar-refractivity contribution in [2.45, 2.75) is 93.3 Å². The van der Waals surface area contributed by atoms with E-state index in [-0.39, 0.29) is 11.8 Å². The van der Waals surface area contributed by atoms with Crippen LogP contribution in [0.25, 0.3) is 0 Å². The van der Waals surface area contributed by atoms with Crippen molar-refractivity contribution in [2.24, 2.45) is 23.7 Å². The Morgan fingerprint density at radius 3 is 1.55 bits per heavy atom. The fourth-order valence-corrected chi connectivity index (χ4v) is 3.59. The summed E-state index contributed by atoms with van der Waals surface area (Å²) in [6, 6.07) is 17.4. The fourth-order valence-electron chi connectivity index (χ4n) is 3.47. The zero-order valence-corrected chi connectivity index (χ0v) is 30.1. The Labute approximate surface area is 287 Å². The minimum absolute atomic E-state index is 0.0764. The first-order valence-corrected chi connectivity index (χ1v) is 16.9. The van der Waals surface area contributed by atoms with Crippen LogP contribution in [0.3, 0.4) is 0 Å². The molecule has 2 rings (SSSR count). The third kappa shape index (κ3) is 20.5. The van der Waals surface area contributed by atoms with Gasteiger partial charge in [-0.05, 0) is 78.5 Å². The number of rotatable bonds is 15. The topological polar surface area (TPSA) is 63.6 Å². The summed E-state index contributed by atoms with van der Waals surface area (Å²) in [5.41, 5.74) is 0.963. The predicted molar refractivity (Wildman–Crippen MR) is 193 cm³/mol. The maximum absolute atomic E-state index is 14.5. The zero-order chi connectivity index (χ0) is 35.8. The van der Waals surface area contributed by atoms with Gasteiger partial charge in [-0.2, -0.15) is 0 Å². The second-order valence-corrected chi connectivity index (χ2v) is 12.4. The summed E-state index contributed by atoms with van der Waals surface area (Å²) in [6.45, 7) is 16.1. The molecule has 0 saturated carbocycles. The van der Waals surface area contributed by atoms with E-state index in [2.05, 4.69) is 0 Å². The van der Waals surface area contributed by atoms with E-state index in [1.165, 1.54) is 12.2 Å². The molecule has 2 aromatic rings. The van der Waals surface area contributed by atoms with Crippen molar-refractivity contribution in [3.8, 4) is 0 Å². The van der Waals surface area contributed by atoms with Crippen LogP contribution in [-0.4, -0.2) is 28.5 Å². The number of hydrogen-bond donors (Lipinski definition) is 1. The molecule has 0 aliphatic rings. The van der Waals surface area contributed by atoms with Crippen molar-refractivity contribution < 1.29 is 28.2 Å². The van der Waals surface area contributed by atoms with Gasteiger partial charge in [0.2, 0.25) is 0 Å². The fraction of sp³-hybridized carbons (Fsp3) is 0.450. The number of unbranched alkanes of at least 4 members (excludes halogenated alkanes) is 2. The van der Waals surface area contributed by atoms with Gasteiger partial charge >= 0.3 is 5.97 Å². The Kier molecular flexibility index (Phi) is 23.9. The first-order chi connectivity index (χ1) is 22.2. The van der Waals surface area contributed by atoms with Crippen LogP contribution in [-0.2, 0) is 4.74 Å². The van der Waals surface area contributed by atoms with Gasteiger partial charge in [-0.1, -0.05) is 135 Å². The molecule has 2 aromatic carbocycles. The molecule has 1 N–H and O–H groups in total. The van der Waals surface area contributed by atoms with Crippen LogP contribution >= 0.6 is 11.6 Å². The van der Waals surface area contributed by atoms with Gasteiger partial charge in [-0.25, -0.2) is 13.6 Å². The standard InChI is InChI=1S/C20H27FO2.C13H23FO.C7H5ClO/c1-5-6-8-13-19(18(21)14-16(4)15(2)3)23-20(22)17-11-9-7-10-12-17;1-5-6-7-8-13(15)12(14)9-11(4)10(2)3;8-7(9)6-4-2-1-3-5-6/h7-16,19H,5-6H2,1-4H3;7-11,13,15H,5-6H2,1-4H3;1-5H/b13-8-,18-14+;8-7-,12-9+;/t16-,19?;11-,13?;/m00./s1. The lowest BCUT2D eigenvalue weighted by molar-refractivity contribution is 0.0414. The Bertz CT molecular complexity index is 1250. The number of aliphatic hydroxyl groups is 1. The van der Waals surface area contributed by atoms with Crippen molar-refractivity contribution >= 4 is 22.8 Å². The molecular formula is C40H55ClF2O4. The predicted octanol–water partition coefficient (Wildman–Crippen LogP) is 11.6. The van der Waals surface area contributed by atoms with Gasteiger partial charge in [0.05, 0.1) is 5.56 Å². The SMILES string of the molecule is CCC/C=C\C(O)/C(F)=C\[C@H](C)C(C)C.CCC/C=C\C(OC(=O)c1ccccc1)/C(F)=C\[C@H](C)C(C)C.O=C(Cl)c1ccccc1. The van der Waals surface area contributed by atoms with Crippen LogP contribution in [0.1, 0.15) is 102 Å². The van der Waals surface area contributed by atoms with E-state index in [4.69, 9.17) is 16.3 Å². The zero-order valence-electron chi connectivity index (χ0n) is 29.3. The summed E-state index contributed by atoms with van der Waals surface area (Å²) in [4.78, 5) is 22.6. The Balaban J connectivity index is 0.000000751. The minimum Gasteiger partial charge on any atom is -0.447 e. The molecule has 0 spiro atoms. The molecule has 7 heteroatoms. The molecule has 0 bridgehead atoms. The molecule has 0 heterocycles. The highest BCUT2D eigenvalue weighted by Crippen LogP contribution is 2.20. The quantitative estimate of drug-likeness (QED) is 0.116. The second kappa shape index (κ2) is 25.7. The number of esters is 1. The van der Waals surface area contributed by atoms with Gasteiger partial charge in [-0.15, -0.1) is 0 Å². The number of benzene rings is 2. The highest BCUT2D eigenvalue weighted by molar-refractivity contribution is 6.67. The molecular weight excluding hydrogens is 618 g/mol. The number of ether oxygens (including phenoxy) is 1. The lowest BCUT2D eigenvalue weighted by Gasteiger charge is -2.16. The molecule has 0 aromatic heterocycles. The average molecular weight is 673 g/mol. The van der Waals surface area contributed by atoms with Crippen LogP contribution in [0.15, 0.2) is 109 Å². The van der Waals surface area contributed by atoms with E-state index >= 15 is 0 Å². The number of hydrogen-bond acceptors (Lipinski definition) is 4. The summed E-state index contributed by atoms with van der Waals surface area (Å²) in [5.74, 6) is -0.427. The molecule has 260 valence electrons. The van der Waals surface area contributed by atoms with Gasteiger partial charge in [0.15, 0.2) is 6.10 Å². The summed E-state index contributed by atoms with van der Waals surface area (Å²) in [6.07, 6.45) is 11.5. The van der Waals surface area contributed by atoms with Crippen LogP contribution < -0.4 is 0 Å². The number of allylic oxidation sites excluding steroid dienone is 4. The van der Waals surface area contributed by atoms with Crippen LogP contribution in [0.4, 0.5) is 8.78 Å². The van der Waals surface area contributed by atoms with Gasteiger partial charge in [-0.3, -0.25) is 4.79 Å². The molecule has 47 heavy (non-hydrogen) atoms. The summed E-state index contributed by atoms with van der Waals surface area (Å²) in [5, 5.41) is 9.04. The molecule has 4 nitrogen and oxygen atoms in total.